The zero-order chi connectivity index (χ0) is 13.0. The van der Waals surface area contributed by atoms with Crippen LogP contribution in [0.15, 0.2) is 18.3 Å². The third-order valence-corrected chi connectivity index (χ3v) is 3.57. The molecule has 0 amide bonds. The molecule has 1 aromatic rings. The van der Waals surface area contributed by atoms with Crippen LogP contribution in [0.25, 0.3) is 0 Å². The fourth-order valence-electron chi connectivity index (χ4n) is 2.08. The highest BCUT2D eigenvalue weighted by Crippen LogP contribution is 2.26. The highest BCUT2D eigenvalue weighted by atomic mass is 15.2. The Morgan fingerprint density at radius 1 is 1.61 bits per heavy atom. The van der Waals surface area contributed by atoms with Gasteiger partial charge in [-0.1, -0.05) is 6.07 Å². The molecule has 4 nitrogen and oxygen atoms in total. The first-order valence-corrected chi connectivity index (χ1v) is 6.49. The minimum Gasteiger partial charge on any atom is -0.311 e. The number of aromatic nitrogens is 1. The molecule has 1 aliphatic rings. The van der Waals surface area contributed by atoms with Crippen LogP contribution in [-0.4, -0.2) is 35.6 Å². The summed E-state index contributed by atoms with van der Waals surface area (Å²) in [5.41, 5.74) is 1.49. The summed E-state index contributed by atoms with van der Waals surface area (Å²) in [6.45, 7) is 3.88. The summed E-state index contributed by atoms with van der Waals surface area (Å²) >= 11 is 0. The molecule has 1 saturated carbocycles. The molecule has 1 aromatic heterocycles. The van der Waals surface area contributed by atoms with Crippen LogP contribution in [0.3, 0.4) is 0 Å². The van der Waals surface area contributed by atoms with Crippen LogP contribution in [-0.2, 0) is 6.54 Å². The number of nitriles is 1. The van der Waals surface area contributed by atoms with Crippen molar-refractivity contribution in [1.29, 1.82) is 5.26 Å². The summed E-state index contributed by atoms with van der Waals surface area (Å²) in [4.78, 5) is 6.49. The van der Waals surface area contributed by atoms with Gasteiger partial charge in [0.2, 0.25) is 0 Å². The summed E-state index contributed by atoms with van der Waals surface area (Å²) in [6.07, 6.45) is 4.33. The van der Waals surface area contributed by atoms with Crippen molar-refractivity contribution in [2.24, 2.45) is 0 Å². The molecule has 1 atom stereocenters. The second kappa shape index (κ2) is 5.94. The van der Waals surface area contributed by atoms with Crippen molar-refractivity contribution in [2.75, 3.05) is 13.6 Å². The Labute approximate surface area is 109 Å². The largest absolute Gasteiger partial charge is 0.311 e. The molecule has 1 aliphatic carbocycles. The van der Waals surface area contributed by atoms with E-state index < -0.39 is 0 Å². The highest BCUT2D eigenvalue weighted by Gasteiger charge is 2.28. The molecule has 0 spiro atoms. The van der Waals surface area contributed by atoms with Crippen LogP contribution in [0.4, 0.5) is 0 Å². The van der Waals surface area contributed by atoms with E-state index in [9.17, 15) is 0 Å². The third-order valence-electron chi connectivity index (χ3n) is 3.57. The van der Waals surface area contributed by atoms with Gasteiger partial charge in [0.1, 0.15) is 11.8 Å². The summed E-state index contributed by atoms with van der Waals surface area (Å²) < 4.78 is 0. The molecular formula is C14H20N4. The minimum absolute atomic E-state index is 0.521. The number of likely N-dealkylation sites (N-methyl/N-ethyl adjacent to an activating group) is 1. The van der Waals surface area contributed by atoms with E-state index in [2.05, 4.69) is 35.2 Å². The van der Waals surface area contributed by atoms with E-state index >= 15 is 0 Å². The Hall–Kier alpha value is -1.44. The number of nitrogens with one attached hydrogen (secondary N) is 1. The lowest BCUT2D eigenvalue weighted by atomic mass is 10.2. The topological polar surface area (TPSA) is 52.0 Å². The summed E-state index contributed by atoms with van der Waals surface area (Å²) in [7, 11) is 2.19. The summed E-state index contributed by atoms with van der Waals surface area (Å²) in [6, 6.07) is 7.26. The minimum atomic E-state index is 0.521. The van der Waals surface area contributed by atoms with Gasteiger partial charge in [-0.25, -0.2) is 4.98 Å². The molecular weight excluding hydrogens is 224 g/mol. The molecule has 18 heavy (non-hydrogen) atoms. The fraction of sp³-hybridized carbons (Fsp3) is 0.571. The van der Waals surface area contributed by atoms with E-state index in [0.717, 1.165) is 18.2 Å². The normalized spacial score (nSPS) is 16.6. The third kappa shape index (κ3) is 3.28. The van der Waals surface area contributed by atoms with Gasteiger partial charge in [-0.05, 0) is 32.9 Å². The number of hydrogen-bond acceptors (Lipinski definition) is 4. The molecule has 0 saturated heterocycles. The molecule has 0 aromatic carbocycles. The Bertz CT molecular complexity index is 434. The fourth-order valence-corrected chi connectivity index (χ4v) is 2.08. The first kappa shape index (κ1) is 13.0. The molecule has 1 fully saturated rings. The lowest BCUT2D eigenvalue weighted by molar-refractivity contribution is 0.241. The standard InChI is InChI=1S/C14H20N4/c1-11(18(2)13-5-6-13)9-16-10-12-4-3-7-17-14(12)8-15/h3-4,7,11,13,16H,5-6,9-10H2,1-2H3. The first-order chi connectivity index (χ1) is 8.72. The zero-order valence-corrected chi connectivity index (χ0v) is 11.1. The van der Waals surface area contributed by atoms with Gasteiger partial charge in [0, 0.05) is 36.9 Å². The molecule has 0 bridgehead atoms. The summed E-state index contributed by atoms with van der Waals surface area (Å²) in [5.74, 6) is 0. The van der Waals surface area contributed by atoms with Gasteiger partial charge >= 0.3 is 0 Å². The van der Waals surface area contributed by atoms with Gasteiger partial charge in [0.05, 0.1) is 0 Å². The molecule has 96 valence electrons. The van der Waals surface area contributed by atoms with Crippen molar-refractivity contribution in [3.63, 3.8) is 0 Å². The van der Waals surface area contributed by atoms with Gasteiger partial charge in [-0.2, -0.15) is 5.26 Å². The quantitative estimate of drug-likeness (QED) is 0.824. The zero-order valence-electron chi connectivity index (χ0n) is 11.1. The van der Waals surface area contributed by atoms with Gasteiger partial charge in [-0.15, -0.1) is 0 Å². The van der Waals surface area contributed by atoms with Crippen LogP contribution in [0, 0.1) is 11.3 Å². The van der Waals surface area contributed by atoms with Crippen LogP contribution < -0.4 is 5.32 Å². The van der Waals surface area contributed by atoms with Crippen LogP contribution in [0.2, 0.25) is 0 Å². The van der Waals surface area contributed by atoms with Crippen molar-refractivity contribution in [3.05, 3.63) is 29.6 Å². The second-order valence-corrected chi connectivity index (χ2v) is 5.00. The lowest BCUT2D eigenvalue weighted by Crippen LogP contribution is -2.39. The SMILES string of the molecule is CC(CNCc1cccnc1C#N)N(C)C1CC1. The average Bonchev–Trinajstić information content (AvgIpc) is 3.22. The highest BCUT2D eigenvalue weighted by molar-refractivity contribution is 5.30. The van der Waals surface area contributed by atoms with Crippen LogP contribution in [0.5, 0.6) is 0 Å². The first-order valence-electron chi connectivity index (χ1n) is 6.49. The number of pyridine rings is 1. The maximum absolute atomic E-state index is 8.95. The predicted molar refractivity (Wildman–Crippen MR) is 70.9 cm³/mol. The van der Waals surface area contributed by atoms with Gasteiger partial charge in [0.25, 0.3) is 0 Å². The second-order valence-electron chi connectivity index (χ2n) is 5.00. The van der Waals surface area contributed by atoms with E-state index in [0.29, 0.717) is 18.3 Å². The van der Waals surface area contributed by atoms with Crippen molar-refractivity contribution in [1.82, 2.24) is 15.2 Å². The maximum atomic E-state index is 8.95. The predicted octanol–water partition coefficient (Wildman–Crippen LogP) is 1.53. The van der Waals surface area contributed by atoms with Gasteiger partial charge < -0.3 is 5.32 Å². The number of rotatable bonds is 6. The van der Waals surface area contributed by atoms with E-state index in [-0.39, 0.29) is 0 Å². The molecule has 1 heterocycles. The van der Waals surface area contributed by atoms with Crippen molar-refractivity contribution in [3.8, 4) is 6.07 Å². The van der Waals surface area contributed by atoms with Gasteiger partial charge in [-0.3, -0.25) is 4.90 Å². The molecule has 0 radical (unpaired) electrons. The van der Waals surface area contributed by atoms with E-state index in [1.165, 1.54) is 12.8 Å². The number of nitrogens with zero attached hydrogens (tertiary/aromatic N) is 3. The Kier molecular flexibility index (Phi) is 4.29. The summed E-state index contributed by atoms with van der Waals surface area (Å²) in [5, 5.41) is 12.4. The van der Waals surface area contributed by atoms with Crippen molar-refractivity contribution < 1.29 is 0 Å². The maximum Gasteiger partial charge on any atom is 0.144 e. The smallest absolute Gasteiger partial charge is 0.144 e. The lowest BCUT2D eigenvalue weighted by Gasteiger charge is -2.24. The van der Waals surface area contributed by atoms with Crippen molar-refractivity contribution in [2.45, 2.75) is 38.4 Å². The van der Waals surface area contributed by atoms with E-state index in [1.807, 2.05) is 12.1 Å². The molecule has 4 heteroatoms. The van der Waals surface area contributed by atoms with Crippen molar-refractivity contribution >= 4 is 0 Å². The Balaban J connectivity index is 1.79. The number of hydrogen-bond donors (Lipinski definition) is 1. The molecule has 1 unspecified atom stereocenters. The molecule has 0 aliphatic heterocycles. The Morgan fingerprint density at radius 2 is 2.39 bits per heavy atom. The van der Waals surface area contributed by atoms with Crippen LogP contribution >= 0.6 is 0 Å². The molecule has 2 rings (SSSR count). The Morgan fingerprint density at radius 3 is 3.06 bits per heavy atom. The van der Waals surface area contributed by atoms with Crippen LogP contribution in [0.1, 0.15) is 31.0 Å². The molecule has 1 N–H and O–H groups in total. The van der Waals surface area contributed by atoms with E-state index in [1.54, 1.807) is 6.20 Å². The van der Waals surface area contributed by atoms with Gasteiger partial charge in [0.15, 0.2) is 0 Å². The average molecular weight is 244 g/mol. The monoisotopic (exact) mass is 244 g/mol. The van der Waals surface area contributed by atoms with E-state index in [4.69, 9.17) is 5.26 Å².